The zero-order valence-electron chi connectivity index (χ0n) is 13.9. The molecule has 2 heterocycles. The lowest BCUT2D eigenvalue weighted by Crippen LogP contribution is -2.62. The molecule has 0 unspecified atom stereocenters. The van der Waals surface area contributed by atoms with Gasteiger partial charge in [-0.05, 0) is 11.1 Å². The van der Waals surface area contributed by atoms with E-state index in [0.29, 0.717) is 25.5 Å². The Morgan fingerprint density at radius 3 is 1.50 bits per heavy atom. The van der Waals surface area contributed by atoms with Crippen molar-refractivity contribution in [3.05, 3.63) is 71.8 Å². The summed E-state index contributed by atoms with van der Waals surface area (Å²) in [5.41, 5.74) is 2.64. The van der Waals surface area contributed by atoms with Crippen LogP contribution in [0.3, 0.4) is 0 Å². The molecular formula is C20H24N2O2. The van der Waals surface area contributed by atoms with Crippen LogP contribution in [0.15, 0.2) is 60.7 Å². The Balaban J connectivity index is 1.47. The van der Waals surface area contributed by atoms with E-state index in [2.05, 4.69) is 70.5 Å². The van der Waals surface area contributed by atoms with E-state index < -0.39 is 0 Å². The summed E-state index contributed by atoms with van der Waals surface area (Å²) < 4.78 is 11.8. The molecule has 2 atom stereocenters. The first-order chi connectivity index (χ1) is 11.9. The second kappa shape index (κ2) is 7.45. The van der Waals surface area contributed by atoms with E-state index >= 15 is 0 Å². The van der Waals surface area contributed by atoms with Crippen molar-refractivity contribution in [2.75, 3.05) is 26.7 Å². The SMILES string of the molecule is c1ccc(CN2COC[C@H]3[C@H]2COCN3Cc2ccccc2)cc1. The molecule has 0 amide bonds. The minimum atomic E-state index is 0.386. The van der Waals surface area contributed by atoms with Crippen molar-refractivity contribution in [1.29, 1.82) is 0 Å². The molecule has 0 N–H and O–H groups in total. The fourth-order valence-electron chi connectivity index (χ4n) is 3.65. The van der Waals surface area contributed by atoms with Gasteiger partial charge >= 0.3 is 0 Å². The highest BCUT2D eigenvalue weighted by Gasteiger charge is 2.39. The fraction of sp³-hybridized carbons (Fsp3) is 0.400. The highest BCUT2D eigenvalue weighted by Crippen LogP contribution is 2.25. The zero-order chi connectivity index (χ0) is 16.2. The number of benzene rings is 2. The van der Waals surface area contributed by atoms with E-state index in [4.69, 9.17) is 9.47 Å². The average Bonchev–Trinajstić information content (AvgIpc) is 2.64. The Morgan fingerprint density at radius 2 is 1.08 bits per heavy atom. The number of hydrogen-bond acceptors (Lipinski definition) is 4. The van der Waals surface area contributed by atoms with E-state index in [-0.39, 0.29) is 0 Å². The van der Waals surface area contributed by atoms with Gasteiger partial charge in [-0.2, -0.15) is 0 Å². The van der Waals surface area contributed by atoms with Crippen molar-refractivity contribution < 1.29 is 9.47 Å². The fourth-order valence-corrected chi connectivity index (χ4v) is 3.65. The lowest BCUT2D eigenvalue weighted by atomic mass is 10.0. The molecule has 126 valence electrons. The van der Waals surface area contributed by atoms with Gasteiger partial charge in [0.15, 0.2) is 0 Å². The molecule has 0 aliphatic carbocycles. The van der Waals surface area contributed by atoms with Gasteiger partial charge in [-0.25, -0.2) is 0 Å². The van der Waals surface area contributed by atoms with Crippen molar-refractivity contribution in [1.82, 2.24) is 9.80 Å². The number of hydrogen-bond donors (Lipinski definition) is 0. The third kappa shape index (κ3) is 3.52. The molecular weight excluding hydrogens is 300 g/mol. The first-order valence-electron chi connectivity index (χ1n) is 8.61. The molecule has 2 saturated heterocycles. The summed E-state index contributed by atoms with van der Waals surface area (Å²) in [5.74, 6) is 0. The molecule has 4 heteroatoms. The summed E-state index contributed by atoms with van der Waals surface area (Å²) >= 11 is 0. The molecule has 2 fully saturated rings. The second-order valence-electron chi connectivity index (χ2n) is 6.60. The zero-order valence-corrected chi connectivity index (χ0v) is 13.9. The summed E-state index contributed by atoms with van der Waals surface area (Å²) in [7, 11) is 0. The van der Waals surface area contributed by atoms with Crippen LogP contribution in [0.1, 0.15) is 11.1 Å². The molecule has 2 aliphatic heterocycles. The van der Waals surface area contributed by atoms with Crippen molar-refractivity contribution in [3.63, 3.8) is 0 Å². The average molecular weight is 324 g/mol. The Hall–Kier alpha value is -1.72. The van der Waals surface area contributed by atoms with Crippen molar-refractivity contribution in [2.24, 2.45) is 0 Å². The molecule has 2 aliphatic rings. The summed E-state index contributed by atoms with van der Waals surface area (Å²) in [6.45, 7) is 4.74. The van der Waals surface area contributed by atoms with Crippen LogP contribution in [0.25, 0.3) is 0 Å². The Morgan fingerprint density at radius 1 is 0.667 bits per heavy atom. The minimum Gasteiger partial charge on any atom is -0.364 e. The molecule has 0 saturated carbocycles. The normalized spacial score (nSPS) is 25.3. The van der Waals surface area contributed by atoms with E-state index in [1.54, 1.807) is 0 Å². The van der Waals surface area contributed by atoms with E-state index in [1.165, 1.54) is 11.1 Å². The van der Waals surface area contributed by atoms with Crippen LogP contribution >= 0.6 is 0 Å². The minimum absolute atomic E-state index is 0.386. The number of fused-ring (bicyclic) bond motifs is 1. The van der Waals surface area contributed by atoms with Crippen LogP contribution in [-0.4, -0.2) is 48.6 Å². The summed E-state index contributed by atoms with van der Waals surface area (Å²) in [6.07, 6.45) is 0. The molecule has 24 heavy (non-hydrogen) atoms. The number of nitrogens with zero attached hydrogens (tertiary/aromatic N) is 2. The lowest BCUT2D eigenvalue weighted by molar-refractivity contribution is -0.177. The summed E-state index contributed by atoms with van der Waals surface area (Å²) in [5, 5.41) is 0. The third-order valence-electron chi connectivity index (χ3n) is 4.93. The largest absolute Gasteiger partial charge is 0.364 e. The molecule has 0 spiro atoms. The van der Waals surface area contributed by atoms with Gasteiger partial charge in [-0.3, -0.25) is 9.80 Å². The van der Waals surface area contributed by atoms with Crippen LogP contribution < -0.4 is 0 Å². The molecule has 0 bridgehead atoms. The molecule has 2 aromatic rings. The first kappa shape index (κ1) is 15.8. The van der Waals surface area contributed by atoms with E-state index in [0.717, 1.165) is 26.3 Å². The van der Waals surface area contributed by atoms with Gasteiger partial charge in [0.2, 0.25) is 0 Å². The Kier molecular flexibility index (Phi) is 4.90. The second-order valence-corrected chi connectivity index (χ2v) is 6.60. The smallest absolute Gasteiger partial charge is 0.0997 e. The number of rotatable bonds is 4. The van der Waals surface area contributed by atoms with Crippen LogP contribution in [0.5, 0.6) is 0 Å². The molecule has 4 rings (SSSR count). The van der Waals surface area contributed by atoms with Gasteiger partial charge in [0, 0.05) is 13.1 Å². The highest BCUT2D eigenvalue weighted by molar-refractivity contribution is 5.16. The summed E-state index contributed by atoms with van der Waals surface area (Å²) in [4.78, 5) is 4.81. The molecule has 0 radical (unpaired) electrons. The van der Waals surface area contributed by atoms with Gasteiger partial charge in [-0.1, -0.05) is 60.7 Å². The maximum atomic E-state index is 5.92. The van der Waals surface area contributed by atoms with E-state index in [1.807, 2.05) is 0 Å². The monoisotopic (exact) mass is 324 g/mol. The van der Waals surface area contributed by atoms with Gasteiger partial charge in [-0.15, -0.1) is 0 Å². The highest BCUT2D eigenvalue weighted by atomic mass is 16.5. The van der Waals surface area contributed by atoms with Crippen molar-refractivity contribution in [3.8, 4) is 0 Å². The van der Waals surface area contributed by atoms with Crippen molar-refractivity contribution in [2.45, 2.75) is 25.2 Å². The summed E-state index contributed by atoms with van der Waals surface area (Å²) in [6, 6.07) is 22.0. The van der Waals surface area contributed by atoms with Crippen molar-refractivity contribution >= 4 is 0 Å². The molecule has 4 nitrogen and oxygen atoms in total. The van der Waals surface area contributed by atoms with Gasteiger partial charge in [0.25, 0.3) is 0 Å². The maximum absolute atomic E-state index is 5.92. The Labute approximate surface area is 143 Å². The predicted molar refractivity (Wildman–Crippen MR) is 93.2 cm³/mol. The van der Waals surface area contributed by atoms with Crippen LogP contribution in [-0.2, 0) is 22.6 Å². The third-order valence-corrected chi connectivity index (χ3v) is 4.93. The van der Waals surface area contributed by atoms with Gasteiger partial charge < -0.3 is 9.47 Å². The molecule has 2 aromatic carbocycles. The standard InChI is InChI=1S/C20H24N2O2/c1-3-7-17(8-4-1)11-21-15-23-14-20-19(21)13-24-16-22(20)12-18-9-5-2-6-10-18/h1-10,19-20H,11-16H2/t19-,20+. The molecule has 0 aromatic heterocycles. The van der Waals surface area contributed by atoms with Crippen LogP contribution in [0, 0.1) is 0 Å². The van der Waals surface area contributed by atoms with Crippen LogP contribution in [0.4, 0.5) is 0 Å². The maximum Gasteiger partial charge on any atom is 0.0997 e. The predicted octanol–water partition coefficient (Wildman–Crippen LogP) is 2.70. The van der Waals surface area contributed by atoms with Gasteiger partial charge in [0.1, 0.15) is 0 Å². The number of ether oxygens (including phenoxy) is 2. The van der Waals surface area contributed by atoms with E-state index in [9.17, 15) is 0 Å². The quantitative estimate of drug-likeness (QED) is 0.863. The topological polar surface area (TPSA) is 24.9 Å². The lowest BCUT2D eigenvalue weighted by Gasteiger charge is -2.48. The van der Waals surface area contributed by atoms with Gasteiger partial charge in [0.05, 0.1) is 38.8 Å². The Bertz CT molecular complexity index is 577. The van der Waals surface area contributed by atoms with Crippen LogP contribution in [0.2, 0.25) is 0 Å². The first-order valence-corrected chi connectivity index (χ1v) is 8.61.